The Morgan fingerprint density at radius 1 is 1.42 bits per heavy atom. The minimum atomic E-state index is 0.167. The Hall–Kier alpha value is -0.100. The molecule has 1 aliphatic heterocycles. The SMILES string of the molecule is CCCC1CCN(C(=O)c2cc(I)ccc2Br)CC1. The van der Waals surface area contributed by atoms with E-state index in [0.717, 1.165) is 45.5 Å². The topological polar surface area (TPSA) is 20.3 Å². The van der Waals surface area contributed by atoms with E-state index in [1.165, 1.54) is 12.8 Å². The summed E-state index contributed by atoms with van der Waals surface area (Å²) in [6.07, 6.45) is 4.86. The number of hydrogen-bond donors (Lipinski definition) is 0. The summed E-state index contributed by atoms with van der Waals surface area (Å²) in [5.74, 6) is 0.980. The summed E-state index contributed by atoms with van der Waals surface area (Å²) in [7, 11) is 0. The van der Waals surface area contributed by atoms with E-state index < -0.39 is 0 Å². The zero-order valence-electron chi connectivity index (χ0n) is 11.2. The number of rotatable bonds is 3. The van der Waals surface area contributed by atoms with Crippen LogP contribution in [0.1, 0.15) is 43.0 Å². The number of amides is 1. The highest BCUT2D eigenvalue weighted by molar-refractivity contribution is 14.1. The third-order valence-corrected chi connectivity index (χ3v) is 5.12. The van der Waals surface area contributed by atoms with Crippen LogP contribution in [-0.2, 0) is 0 Å². The Morgan fingerprint density at radius 2 is 2.11 bits per heavy atom. The van der Waals surface area contributed by atoms with E-state index >= 15 is 0 Å². The second-order valence-electron chi connectivity index (χ2n) is 5.15. The predicted molar refractivity (Wildman–Crippen MR) is 90.4 cm³/mol. The Labute approximate surface area is 137 Å². The lowest BCUT2D eigenvalue weighted by Gasteiger charge is -2.32. The number of hydrogen-bond acceptors (Lipinski definition) is 1. The Kier molecular flexibility index (Phi) is 5.69. The van der Waals surface area contributed by atoms with Crippen LogP contribution in [0.25, 0.3) is 0 Å². The molecular weight excluding hydrogens is 417 g/mol. The van der Waals surface area contributed by atoms with Crippen LogP contribution in [0.2, 0.25) is 0 Å². The van der Waals surface area contributed by atoms with E-state index in [1.54, 1.807) is 0 Å². The monoisotopic (exact) mass is 435 g/mol. The molecule has 0 aromatic heterocycles. The van der Waals surface area contributed by atoms with Crippen LogP contribution >= 0.6 is 38.5 Å². The standard InChI is InChI=1S/C15H19BrINO/c1-2-3-11-6-8-18(9-7-11)15(19)13-10-12(17)4-5-14(13)16/h4-5,10-11H,2-3,6-9H2,1H3. The van der Waals surface area contributed by atoms with Crippen molar-refractivity contribution in [2.75, 3.05) is 13.1 Å². The molecule has 0 spiro atoms. The van der Waals surface area contributed by atoms with Crippen LogP contribution in [0, 0.1) is 9.49 Å². The van der Waals surface area contributed by atoms with Gasteiger partial charge in [0.2, 0.25) is 0 Å². The second-order valence-corrected chi connectivity index (χ2v) is 7.25. The average molecular weight is 436 g/mol. The molecule has 1 saturated heterocycles. The van der Waals surface area contributed by atoms with Crippen molar-refractivity contribution in [3.05, 3.63) is 31.8 Å². The zero-order valence-corrected chi connectivity index (χ0v) is 14.9. The van der Waals surface area contributed by atoms with Crippen LogP contribution < -0.4 is 0 Å². The number of piperidine rings is 1. The smallest absolute Gasteiger partial charge is 0.255 e. The lowest BCUT2D eigenvalue weighted by Crippen LogP contribution is -2.38. The van der Waals surface area contributed by atoms with E-state index in [9.17, 15) is 4.79 Å². The van der Waals surface area contributed by atoms with E-state index in [2.05, 4.69) is 45.4 Å². The summed E-state index contributed by atoms with van der Waals surface area (Å²) in [5.41, 5.74) is 0.792. The van der Waals surface area contributed by atoms with Gasteiger partial charge in [-0.15, -0.1) is 0 Å². The molecule has 0 aliphatic carbocycles. The number of nitrogens with zero attached hydrogens (tertiary/aromatic N) is 1. The maximum atomic E-state index is 12.5. The summed E-state index contributed by atoms with van der Waals surface area (Å²) >= 11 is 5.73. The van der Waals surface area contributed by atoms with Crippen molar-refractivity contribution < 1.29 is 4.79 Å². The molecule has 19 heavy (non-hydrogen) atoms. The first kappa shape index (κ1) is 15.3. The van der Waals surface area contributed by atoms with Gasteiger partial charge in [-0.25, -0.2) is 0 Å². The number of carbonyl (C=O) groups is 1. The highest BCUT2D eigenvalue weighted by Gasteiger charge is 2.24. The zero-order chi connectivity index (χ0) is 13.8. The predicted octanol–water partition coefficient (Wildman–Crippen LogP) is 4.71. The first-order chi connectivity index (χ1) is 9.11. The third-order valence-electron chi connectivity index (χ3n) is 3.76. The maximum absolute atomic E-state index is 12.5. The highest BCUT2D eigenvalue weighted by atomic mass is 127. The van der Waals surface area contributed by atoms with E-state index in [1.807, 2.05) is 23.1 Å². The molecule has 0 saturated carbocycles. The van der Waals surface area contributed by atoms with E-state index in [-0.39, 0.29) is 5.91 Å². The van der Waals surface area contributed by atoms with Gasteiger partial charge in [0, 0.05) is 21.1 Å². The second kappa shape index (κ2) is 7.07. The number of halogens is 2. The van der Waals surface area contributed by atoms with Gasteiger partial charge in [0.1, 0.15) is 0 Å². The molecule has 1 aromatic carbocycles. The maximum Gasteiger partial charge on any atom is 0.255 e. The van der Waals surface area contributed by atoms with Gasteiger partial charge in [0.05, 0.1) is 5.56 Å². The number of benzene rings is 1. The van der Waals surface area contributed by atoms with Gasteiger partial charge in [-0.05, 0) is 75.5 Å². The first-order valence-electron chi connectivity index (χ1n) is 6.86. The molecule has 104 valence electrons. The number of likely N-dealkylation sites (tertiary alicyclic amines) is 1. The summed E-state index contributed by atoms with van der Waals surface area (Å²) in [6, 6.07) is 5.93. The third kappa shape index (κ3) is 3.94. The van der Waals surface area contributed by atoms with Crippen LogP contribution in [0.4, 0.5) is 0 Å². The fourth-order valence-electron chi connectivity index (χ4n) is 2.66. The van der Waals surface area contributed by atoms with Crippen molar-refractivity contribution in [1.82, 2.24) is 4.90 Å². The van der Waals surface area contributed by atoms with Crippen LogP contribution in [-0.4, -0.2) is 23.9 Å². The molecule has 0 N–H and O–H groups in total. The van der Waals surface area contributed by atoms with Crippen LogP contribution in [0.15, 0.2) is 22.7 Å². The minimum absolute atomic E-state index is 0.167. The Bertz CT molecular complexity index is 455. The van der Waals surface area contributed by atoms with E-state index in [0.29, 0.717) is 0 Å². The highest BCUT2D eigenvalue weighted by Crippen LogP contribution is 2.26. The van der Waals surface area contributed by atoms with Crippen molar-refractivity contribution in [3.8, 4) is 0 Å². The van der Waals surface area contributed by atoms with Crippen LogP contribution in [0.3, 0.4) is 0 Å². The van der Waals surface area contributed by atoms with Crippen molar-refractivity contribution in [1.29, 1.82) is 0 Å². The van der Waals surface area contributed by atoms with Gasteiger partial charge < -0.3 is 4.90 Å². The van der Waals surface area contributed by atoms with Crippen molar-refractivity contribution >= 4 is 44.4 Å². The fourth-order valence-corrected chi connectivity index (χ4v) is 3.57. The summed E-state index contributed by atoms with van der Waals surface area (Å²) in [4.78, 5) is 14.5. The average Bonchev–Trinajstić information content (AvgIpc) is 2.42. The molecule has 0 radical (unpaired) electrons. The molecule has 1 fully saturated rings. The largest absolute Gasteiger partial charge is 0.339 e. The van der Waals surface area contributed by atoms with E-state index in [4.69, 9.17) is 0 Å². The molecule has 2 rings (SSSR count). The van der Waals surface area contributed by atoms with Crippen molar-refractivity contribution in [2.45, 2.75) is 32.6 Å². The molecule has 1 amide bonds. The van der Waals surface area contributed by atoms with Gasteiger partial charge in [-0.2, -0.15) is 0 Å². The summed E-state index contributed by atoms with van der Waals surface area (Å²) < 4.78 is 2.00. The fraction of sp³-hybridized carbons (Fsp3) is 0.533. The lowest BCUT2D eigenvalue weighted by atomic mass is 9.92. The summed E-state index contributed by atoms with van der Waals surface area (Å²) in [6.45, 7) is 4.05. The van der Waals surface area contributed by atoms with Gasteiger partial charge >= 0.3 is 0 Å². The van der Waals surface area contributed by atoms with Gasteiger partial charge in [0.15, 0.2) is 0 Å². The Balaban J connectivity index is 2.03. The molecule has 0 atom stereocenters. The molecule has 4 heteroatoms. The van der Waals surface area contributed by atoms with Crippen molar-refractivity contribution in [2.24, 2.45) is 5.92 Å². The summed E-state index contributed by atoms with van der Waals surface area (Å²) in [5, 5.41) is 0. The van der Waals surface area contributed by atoms with Crippen molar-refractivity contribution in [3.63, 3.8) is 0 Å². The first-order valence-corrected chi connectivity index (χ1v) is 8.73. The number of carbonyl (C=O) groups excluding carboxylic acids is 1. The normalized spacial score (nSPS) is 16.7. The van der Waals surface area contributed by atoms with Gasteiger partial charge in [-0.1, -0.05) is 19.8 Å². The molecule has 1 heterocycles. The molecule has 0 bridgehead atoms. The molecule has 0 unspecified atom stereocenters. The van der Waals surface area contributed by atoms with Gasteiger partial charge in [-0.3, -0.25) is 4.79 Å². The van der Waals surface area contributed by atoms with Crippen LogP contribution in [0.5, 0.6) is 0 Å². The minimum Gasteiger partial charge on any atom is -0.339 e. The molecule has 2 nitrogen and oxygen atoms in total. The molecule has 1 aromatic rings. The molecular formula is C15H19BrINO. The Morgan fingerprint density at radius 3 is 2.74 bits per heavy atom. The van der Waals surface area contributed by atoms with Gasteiger partial charge in [0.25, 0.3) is 5.91 Å². The quantitative estimate of drug-likeness (QED) is 0.629. The molecule has 1 aliphatic rings. The lowest BCUT2D eigenvalue weighted by molar-refractivity contribution is 0.0685.